The Morgan fingerprint density at radius 1 is 1.24 bits per heavy atom. The average molecular weight is 525 g/mol. The van der Waals surface area contributed by atoms with Crippen LogP contribution in [0.3, 0.4) is 0 Å². The highest BCUT2D eigenvalue weighted by atomic mass is 19.1. The first-order valence-electron chi connectivity index (χ1n) is 12.3. The van der Waals surface area contributed by atoms with Gasteiger partial charge in [-0.05, 0) is 55.0 Å². The number of benzene rings is 1. The summed E-state index contributed by atoms with van der Waals surface area (Å²) in [6, 6.07) is 4.75. The smallest absolute Gasteiger partial charge is 0.250 e. The van der Waals surface area contributed by atoms with Crippen LogP contribution in [0.25, 0.3) is 0 Å². The van der Waals surface area contributed by atoms with Crippen LogP contribution in [0.5, 0.6) is 0 Å². The Morgan fingerprint density at radius 3 is 2.61 bits per heavy atom. The number of halogens is 2. The van der Waals surface area contributed by atoms with Gasteiger partial charge in [0.1, 0.15) is 23.5 Å². The Kier molecular flexibility index (Phi) is 7.56. The van der Waals surface area contributed by atoms with Gasteiger partial charge in [0.25, 0.3) is 5.91 Å². The minimum atomic E-state index is -1.06. The standard InChI is InChI=1S/C27H30F2N6O3/c1-5-17(19-6-7-21(28)15(2)24(19)29)12-23(36)35-25(27(38)34(4)18-13-32-33(3)14-18)20(26(35)37)10-16-8-9-31-22(30)11-16/h6-9,11,13-14,17,20,25H,5,10,12H2,1-4H3,(H2,30,31)/t17-,20+,25-/m0/s1. The van der Waals surface area contributed by atoms with Gasteiger partial charge in [0, 0.05) is 38.5 Å². The minimum Gasteiger partial charge on any atom is -0.384 e. The lowest BCUT2D eigenvalue weighted by atomic mass is 9.80. The monoisotopic (exact) mass is 524 g/mol. The zero-order chi connectivity index (χ0) is 27.7. The number of anilines is 2. The highest BCUT2D eigenvalue weighted by molar-refractivity contribution is 6.12. The number of likely N-dealkylation sites (tertiary alicyclic amines) is 1. The predicted molar refractivity (Wildman–Crippen MR) is 137 cm³/mol. The van der Waals surface area contributed by atoms with Crippen molar-refractivity contribution in [2.45, 2.75) is 45.1 Å². The molecular weight excluding hydrogens is 494 g/mol. The molecule has 0 unspecified atom stereocenters. The number of likely N-dealkylation sites (N-methyl/N-ethyl adjacent to an activating group) is 1. The molecule has 3 aromatic rings. The molecule has 4 rings (SSSR count). The number of nitrogen functional groups attached to an aromatic ring is 1. The number of hydrogen-bond acceptors (Lipinski definition) is 6. The number of β-lactam (4-membered cyclic amide) rings is 1. The fraction of sp³-hybridized carbons (Fsp3) is 0.370. The number of nitrogens with zero attached hydrogens (tertiary/aromatic N) is 5. The van der Waals surface area contributed by atoms with Gasteiger partial charge in [0.15, 0.2) is 0 Å². The van der Waals surface area contributed by atoms with Crippen LogP contribution in [0, 0.1) is 24.5 Å². The van der Waals surface area contributed by atoms with Gasteiger partial charge < -0.3 is 10.6 Å². The molecule has 0 bridgehead atoms. The van der Waals surface area contributed by atoms with Crippen molar-refractivity contribution in [3.05, 3.63) is 71.2 Å². The molecule has 0 aliphatic carbocycles. The fourth-order valence-corrected chi connectivity index (χ4v) is 4.87. The molecule has 1 saturated heterocycles. The lowest BCUT2D eigenvalue weighted by Gasteiger charge is -2.46. The first-order valence-corrected chi connectivity index (χ1v) is 12.3. The van der Waals surface area contributed by atoms with Crippen molar-refractivity contribution in [3.8, 4) is 0 Å². The minimum absolute atomic E-state index is 0.128. The second kappa shape index (κ2) is 10.7. The molecule has 3 heterocycles. The Balaban J connectivity index is 1.62. The summed E-state index contributed by atoms with van der Waals surface area (Å²) in [5.74, 6) is -4.03. The lowest BCUT2D eigenvalue weighted by molar-refractivity contribution is -0.170. The highest BCUT2D eigenvalue weighted by Gasteiger charge is 2.55. The van der Waals surface area contributed by atoms with Crippen LogP contribution < -0.4 is 10.6 Å². The molecule has 0 saturated carbocycles. The molecule has 0 spiro atoms. The number of amides is 3. The summed E-state index contributed by atoms with van der Waals surface area (Å²) in [5.41, 5.74) is 7.07. The van der Waals surface area contributed by atoms with Crippen molar-refractivity contribution in [3.63, 3.8) is 0 Å². The number of carbonyl (C=O) groups is 3. The van der Waals surface area contributed by atoms with E-state index in [1.807, 2.05) is 0 Å². The van der Waals surface area contributed by atoms with Gasteiger partial charge in [-0.1, -0.05) is 13.0 Å². The maximum absolute atomic E-state index is 14.8. The van der Waals surface area contributed by atoms with Crippen LogP contribution >= 0.6 is 0 Å². The molecule has 11 heteroatoms. The second-order valence-electron chi connectivity index (χ2n) is 9.60. The van der Waals surface area contributed by atoms with Crippen LogP contribution in [0.15, 0.2) is 42.9 Å². The molecule has 1 aromatic carbocycles. The van der Waals surface area contributed by atoms with E-state index in [0.717, 1.165) is 4.90 Å². The van der Waals surface area contributed by atoms with E-state index in [4.69, 9.17) is 5.73 Å². The molecule has 2 N–H and O–H groups in total. The molecule has 200 valence electrons. The number of hydrogen-bond donors (Lipinski definition) is 1. The third-order valence-electron chi connectivity index (χ3n) is 7.15. The maximum Gasteiger partial charge on any atom is 0.250 e. The van der Waals surface area contributed by atoms with Crippen LogP contribution in [0.2, 0.25) is 0 Å². The normalized spacial score (nSPS) is 17.7. The van der Waals surface area contributed by atoms with E-state index in [-0.39, 0.29) is 29.8 Å². The summed E-state index contributed by atoms with van der Waals surface area (Å²) in [7, 11) is 3.26. The van der Waals surface area contributed by atoms with Crippen LogP contribution in [0.1, 0.15) is 42.4 Å². The molecule has 1 aliphatic rings. The zero-order valence-corrected chi connectivity index (χ0v) is 21.7. The number of imide groups is 1. The molecular formula is C27H30F2N6O3. The van der Waals surface area contributed by atoms with E-state index in [1.165, 1.54) is 41.0 Å². The quantitative estimate of drug-likeness (QED) is 0.453. The number of rotatable bonds is 8. The van der Waals surface area contributed by atoms with E-state index in [2.05, 4.69) is 10.1 Å². The Bertz CT molecular complexity index is 1390. The number of nitrogens with two attached hydrogens (primary N) is 1. The van der Waals surface area contributed by atoms with Gasteiger partial charge in [-0.3, -0.25) is 24.0 Å². The lowest BCUT2D eigenvalue weighted by Crippen LogP contribution is -2.69. The summed E-state index contributed by atoms with van der Waals surface area (Å²) < 4.78 is 30.2. The van der Waals surface area contributed by atoms with E-state index < -0.39 is 47.2 Å². The number of aryl methyl sites for hydroxylation is 1. The summed E-state index contributed by atoms with van der Waals surface area (Å²) in [5, 5.41) is 4.09. The fourth-order valence-electron chi connectivity index (χ4n) is 4.87. The Labute approximate surface area is 219 Å². The van der Waals surface area contributed by atoms with Crippen LogP contribution in [-0.4, -0.2) is 50.5 Å². The van der Waals surface area contributed by atoms with E-state index >= 15 is 0 Å². The molecule has 1 fully saturated rings. The highest BCUT2D eigenvalue weighted by Crippen LogP contribution is 2.36. The van der Waals surface area contributed by atoms with Crippen LogP contribution in [-0.2, 0) is 27.9 Å². The molecule has 1 aliphatic heterocycles. The van der Waals surface area contributed by atoms with Crippen LogP contribution in [0.4, 0.5) is 20.3 Å². The number of carbonyl (C=O) groups excluding carboxylic acids is 3. The van der Waals surface area contributed by atoms with Gasteiger partial charge in [0.05, 0.1) is 17.8 Å². The first-order chi connectivity index (χ1) is 18.0. The molecule has 3 atom stereocenters. The third kappa shape index (κ3) is 5.00. The van der Waals surface area contributed by atoms with Gasteiger partial charge in [-0.2, -0.15) is 5.10 Å². The number of aromatic nitrogens is 3. The molecule has 0 radical (unpaired) electrons. The summed E-state index contributed by atoms with van der Waals surface area (Å²) in [6.07, 6.45) is 5.03. The summed E-state index contributed by atoms with van der Waals surface area (Å²) in [4.78, 5) is 46.7. The van der Waals surface area contributed by atoms with E-state index in [0.29, 0.717) is 17.7 Å². The van der Waals surface area contributed by atoms with Gasteiger partial charge in [-0.25, -0.2) is 13.8 Å². The summed E-state index contributed by atoms with van der Waals surface area (Å²) in [6.45, 7) is 3.12. The SMILES string of the molecule is CC[C@@H](CC(=O)N1C(=O)[C@H](Cc2ccnc(N)c2)[C@H]1C(=O)N(C)c1cnn(C)c1)c1ccc(F)c(C)c1F. The van der Waals surface area contributed by atoms with Crippen molar-refractivity contribution in [2.75, 3.05) is 17.7 Å². The predicted octanol–water partition coefficient (Wildman–Crippen LogP) is 3.13. The molecule has 38 heavy (non-hydrogen) atoms. The largest absolute Gasteiger partial charge is 0.384 e. The van der Waals surface area contributed by atoms with Crippen molar-refractivity contribution in [1.29, 1.82) is 0 Å². The molecule has 9 nitrogen and oxygen atoms in total. The Morgan fingerprint density at radius 2 is 1.97 bits per heavy atom. The summed E-state index contributed by atoms with van der Waals surface area (Å²) >= 11 is 0. The zero-order valence-electron chi connectivity index (χ0n) is 21.7. The Hall–Kier alpha value is -4.15. The topological polar surface area (TPSA) is 114 Å². The average Bonchev–Trinajstić information content (AvgIpc) is 3.33. The first kappa shape index (κ1) is 26.9. The van der Waals surface area contributed by atoms with E-state index in [9.17, 15) is 23.2 Å². The third-order valence-corrected chi connectivity index (χ3v) is 7.15. The van der Waals surface area contributed by atoms with Gasteiger partial charge in [0.2, 0.25) is 11.8 Å². The number of pyridine rings is 1. The van der Waals surface area contributed by atoms with Crippen molar-refractivity contribution in [1.82, 2.24) is 19.7 Å². The van der Waals surface area contributed by atoms with E-state index in [1.54, 1.807) is 39.3 Å². The maximum atomic E-state index is 14.8. The van der Waals surface area contributed by atoms with Crippen molar-refractivity contribution < 1.29 is 23.2 Å². The molecule has 2 aromatic heterocycles. The van der Waals surface area contributed by atoms with Crippen molar-refractivity contribution >= 4 is 29.2 Å². The van der Waals surface area contributed by atoms with Gasteiger partial charge in [-0.15, -0.1) is 0 Å². The van der Waals surface area contributed by atoms with Gasteiger partial charge >= 0.3 is 0 Å². The molecule has 3 amide bonds. The van der Waals surface area contributed by atoms with Crippen molar-refractivity contribution in [2.24, 2.45) is 13.0 Å². The second-order valence-corrected chi connectivity index (χ2v) is 9.60.